The molecule has 1 aromatic rings. The van der Waals surface area contributed by atoms with Crippen LogP contribution in [0.4, 0.5) is 0 Å². The van der Waals surface area contributed by atoms with E-state index < -0.39 is 0 Å². The molecule has 0 radical (unpaired) electrons. The van der Waals surface area contributed by atoms with Crippen LogP contribution in [0.2, 0.25) is 0 Å². The minimum Gasteiger partial charge on any atom is -0.358 e. The molecular formula is C11H19N5OS. The van der Waals surface area contributed by atoms with Crippen molar-refractivity contribution in [1.29, 1.82) is 0 Å². The van der Waals surface area contributed by atoms with Crippen LogP contribution in [0.5, 0.6) is 0 Å². The Morgan fingerprint density at radius 2 is 2.11 bits per heavy atom. The van der Waals surface area contributed by atoms with Gasteiger partial charge >= 0.3 is 0 Å². The first-order chi connectivity index (χ1) is 8.56. The minimum absolute atomic E-state index is 0.0808. The zero-order valence-electron chi connectivity index (χ0n) is 11.1. The van der Waals surface area contributed by atoms with Crippen molar-refractivity contribution in [2.24, 2.45) is 4.99 Å². The molecule has 6 nitrogen and oxygen atoms in total. The number of hydrogen-bond acceptors (Lipinski definition) is 4. The Morgan fingerprint density at radius 1 is 1.39 bits per heavy atom. The number of thiazole rings is 1. The van der Waals surface area contributed by atoms with Crippen LogP contribution in [-0.4, -0.2) is 37.5 Å². The molecule has 0 aliphatic carbocycles. The first-order valence-corrected chi connectivity index (χ1v) is 6.46. The summed E-state index contributed by atoms with van der Waals surface area (Å²) in [7, 11) is 3.27. The number of rotatable bonds is 4. The molecular weight excluding hydrogens is 250 g/mol. The van der Waals surface area contributed by atoms with Crippen molar-refractivity contribution < 1.29 is 4.79 Å². The summed E-state index contributed by atoms with van der Waals surface area (Å²) in [5.74, 6) is 0.520. The predicted molar refractivity (Wildman–Crippen MR) is 73.9 cm³/mol. The van der Waals surface area contributed by atoms with Gasteiger partial charge in [-0.2, -0.15) is 0 Å². The highest BCUT2D eigenvalue weighted by molar-refractivity contribution is 7.11. The van der Waals surface area contributed by atoms with Crippen molar-refractivity contribution in [1.82, 2.24) is 20.9 Å². The van der Waals surface area contributed by atoms with Gasteiger partial charge in [0.2, 0.25) is 5.91 Å². The summed E-state index contributed by atoms with van der Waals surface area (Å²) in [6.45, 7) is 4.84. The molecule has 0 bridgehead atoms. The first-order valence-electron chi connectivity index (χ1n) is 5.64. The Labute approximate surface area is 111 Å². The van der Waals surface area contributed by atoms with Gasteiger partial charge in [-0.15, -0.1) is 11.3 Å². The monoisotopic (exact) mass is 269 g/mol. The van der Waals surface area contributed by atoms with E-state index in [1.165, 1.54) is 4.88 Å². The highest BCUT2D eigenvalue weighted by Crippen LogP contribution is 2.16. The number of aromatic nitrogens is 1. The number of aliphatic imine (C=N–C) groups is 1. The predicted octanol–water partition coefficient (Wildman–Crippen LogP) is 0.171. The molecule has 1 amide bonds. The van der Waals surface area contributed by atoms with Crippen LogP contribution in [0.15, 0.2) is 4.99 Å². The van der Waals surface area contributed by atoms with E-state index in [4.69, 9.17) is 0 Å². The number of nitrogens with zero attached hydrogens (tertiary/aromatic N) is 2. The molecule has 0 aliphatic rings. The Balaban J connectivity index is 2.45. The Morgan fingerprint density at radius 3 is 2.61 bits per heavy atom. The van der Waals surface area contributed by atoms with E-state index in [0.29, 0.717) is 12.5 Å². The highest BCUT2D eigenvalue weighted by Gasteiger charge is 2.06. The van der Waals surface area contributed by atoms with Crippen LogP contribution in [0.3, 0.4) is 0 Å². The third-order valence-corrected chi connectivity index (χ3v) is 3.41. The number of hydrogen-bond donors (Lipinski definition) is 3. The minimum atomic E-state index is -0.0808. The van der Waals surface area contributed by atoms with Crippen molar-refractivity contribution in [3.63, 3.8) is 0 Å². The van der Waals surface area contributed by atoms with Crippen LogP contribution in [-0.2, 0) is 11.3 Å². The summed E-state index contributed by atoms with van der Waals surface area (Å²) in [5.41, 5.74) is 1.03. The molecule has 1 rings (SSSR count). The van der Waals surface area contributed by atoms with Crippen molar-refractivity contribution in [2.45, 2.75) is 20.4 Å². The van der Waals surface area contributed by atoms with Crippen molar-refractivity contribution in [3.05, 3.63) is 15.6 Å². The fourth-order valence-corrected chi connectivity index (χ4v) is 2.25. The van der Waals surface area contributed by atoms with Crippen molar-refractivity contribution in [2.75, 3.05) is 20.6 Å². The zero-order valence-corrected chi connectivity index (χ0v) is 11.9. The number of nitrogens with one attached hydrogen (secondary N) is 3. The van der Waals surface area contributed by atoms with E-state index in [-0.39, 0.29) is 12.5 Å². The van der Waals surface area contributed by atoms with Gasteiger partial charge in [0.1, 0.15) is 0 Å². The molecule has 0 aromatic carbocycles. The van der Waals surface area contributed by atoms with Gasteiger partial charge in [0, 0.05) is 19.0 Å². The summed E-state index contributed by atoms with van der Waals surface area (Å²) in [4.78, 5) is 20.7. The Bertz CT molecular complexity index is 441. The van der Waals surface area contributed by atoms with Crippen molar-refractivity contribution in [3.8, 4) is 0 Å². The molecule has 18 heavy (non-hydrogen) atoms. The average molecular weight is 269 g/mol. The molecule has 0 spiro atoms. The second-order valence-electron chi connectivity index (χ2n) is 3.69. The average Bonchev–Trinajstić information content (AvgIpc) is 2.67. The molecule has 0 fully saturated rings. The van der Waals surface area contributed by atoms with Gasteiger partial charge < -0.3 is 16.0 Å². The van der Waals surface area contributed by atoms with Crippen molar-refractivity contribution >= 4 is 23.2 Å². The normalized spacial score (nSPS) is 11.2. The SMILES string of the molecule is CN=C(NCC(=O)NC)NCc1sc(C)nc1C. The highest BCUT2D eigenvalue weighted by atomic mass is 32.1. The van der Waals surface area contributed by atoms with Crippen LogP contribution < -0.4 is 16.0 Å². The van der Waals surface area contributed by atoms with E-state index in [1.54, 1.807) is 25.4 Å². The van der Waals surface area contributed by atoms with E-state index in [2.05, 4.69) is 25.9 Å². The second-order valence-corrected chi connectivity index (χ2v) is 4.98. The number of carbonyl (C=O) groups excluding carboxylic acids is 1. The molecule has 1 aromatic heterocycles. The topological polar surface area (TPSA) is 78.4 Å². The summed E-state index contributed by atoms with van der Waals surface area (Å²) in [6, 6.07) is 0. The van der Waals surface area contributed by atoms with Gasteiger partial charge in [0.25, 0.3) is 0 Å². The first kappa shape index (κ1) is 14.4. The molecule has 0 saturated carbocycles. The lowest BCUT2D eigenvalue weighted by molar-refractivity contribution is -0.119. The molecule has 0 saturated heterocycles. The maximum Gasteiger partial charge on any atom is 0.239 e. The number of likely N-dealkylation sites (N-methyl/N-ethyl adjacent to an activating group) is 1. The summed E-state index contributed by atoms with van der Waals surface area (Å²) in [6.07, 6.45) is 0. The van der Waals surface area contributed by atoms with Gasteiger partial charge in [-0.3, -0.25) is 9.79 Å². The zero-order chi connectivity index (χ0) is 13.5. The van der Waals surface area contributed by atoms with E-state index in [9.17, 15) is 4.79 Å². The smallest absolute Gasteiger partial charge is 0.239 e. The lowest BCUT2D eigenvalue weighted by Crippen LogP contribution is -2.42. The van der Waals surface area contributed by atoms with Gasteiger partial charge in [-0.05, 0) is 13.8 Å². The number of carbonyl (C=O) groups is 1. The van der Waals surface area contributed by atoms with Crippen LogP contribution in [0.25, 0.3) is 0 Å². The fourth-order valence-electron chi connectivity index (χ4n) is 1.37. The maximum atomic E-state index is 11.1. The lowest BCUT2D eigenvalue weighted by Gasteiger charge is -2.10. The molecule has 0 aliphatic heterocycles. The number of amides is 1. The van der Waals surface area contributed by atoms with Gasteiger partial charge in [-0.25, -0.2) is 4.98 Å². The van der Waals surface area contributed by atoms with Crippen LogP contribution >= 0.6 is 11.3 Å². The quantitative estimate of drug-likeness (QED) is 0.538. The summed E-state index contributed by atoms with van der Waals surface area (Å²) >= 11 is 1.66. The fraction of sp³-hybridized carbons (Fsp3) is 0.545. The Hall–Kier alpha value is -1.63. The van der Waals surface area contributed by atoms with E-state index >= 15 is 0 Å². The third kappa shape index (κ3) is 4.33. The van der Waals surface area contributed by atoms with E-state index in [0.717, 1.165) is 10.7 Å². The standard InChI is InChI=1S/C11H19N5OS/c1-7-9(18-8(2)16-7)5-14-11(13-4)15-6-10(17)12-3/h5-6H2,1-4H3,(H,12,17)(H2,13,14,15). The molecule has 3 N–H and O–H groups in total. The molecule has 0 unspecified atom stereocenters. The van der Waals surface area contributed by atoms with Gasteiger partial charge in [0.15, 0.2) is 5.96 Å². The largest absolute Gasteiger partial charge is 0.358 e. The lowest BCUT2D eigenvalue weighted by atomic mass is 10.4. The van der Waals surface area contributed by atoms with E-state index in [1.807, 2.05) is 13.8 Å². The maximum absolute atomic E-state index is 11.1. The molecule has 0 atom stereocenters. The van der Waals surface area contributed by atoms with Gasteiger partial charge in [-0.1, -0.05) is 0 Å². The summed E-state index contributed by atoms with van der Waals surface area (Å²) in [5, 5.41) is 9.67. The molecule has 7 heteroatoms. The number of aryl methyl sites for hydroxylation is 2. The summed E-state index contributed by atoms with van der Waals surface area (Å²) < 4.78 is 0. The van der Waals surface area contributed by atoms with Gasteiger partial charge in [0.05, 0.1) is 23.8 Å². The number of guanidine groups is 1. The Kier molecular flexibility index (Phi) is 5.57. The molecule has 100 valence electrons. The van der Waals surface area contributed by atoms with Crippen LogP contribution in [0.1, 0.15) is 15.6 Å². The second kappa shape index (κ2) is 6.95. The molecule has 1 heterocycles. The van der Waals surface area contributed by atoms with Crippen LogP contribution in [0, 0.1) is 13.8 Å². The third-order valence-electron chi connectivity index (χ3n) is 2.33.